The first-order valence-electron chi connectivity index (χ1n) is 3.92. The van der Waals surface area contributed by atoms with Crippen LogP contribution in [0.15, 0.2) is 12.1 Å². The summed E-state index contributed by atoms with van der Waals surface area (Å²) in [6.45, 7) is 0. The van der Waals surface area contributed by atoms with E-state index in [1.807, 2.05) is 0 Å². The largest absolute Gasteiger partial charge is 0.490 e. The quantitative estimate of drug-likeness (QED) is 0.563. The molecule has 0 saturated heterocycles. The molecule has 0 heterocycles. The highest BCUT2D eigenvalue weighted by Gasteiger charge is 2.29. The van der Waals surface area contributed by atoms with Crippen molar-refractivity contribution in [2.75, 3.05) is 7.11 Å². The second kappa shape index (κ2) is 4.22. The van der Waals surface area contributed by atoms with Crippen LogP contribution in [0.4, 0.5) is 11.4 Å². The molecular formula is C8H5N3O5. The van der Waals surface area contributed by atoms with Crippen molar-refractivity contribution >= 4 is 11.4 Å². The number of hydrogen-bond donors (Lipinski definition) is 0. The number of nitriles is 1. The fraction of sp³-hybridized carbons (Fsp3) is 0.125. The number of ether oxygens (including phenoxy) is 1. The monoisotopic (exact) mass is 223 g/mol. The van der Waals surface area contributed by atoms with Crippen LogP contribution >= 0.6 is 0 Å². The maximum atomic E-state index is 10.7. The first kappa shape index (κ1) is 11.4. The van der Waals surface area contributed by atoms with Gasteiger partial charge < -0.3 is 4.74 Å². The average molecular weight is 223 g/mol. The predicted octanol–water partition coefficient (Wildman–Crippen LogP) is 1.38. The van der Waals surface area contributed by atoms with Gasteiger partial charge in [0.05, 0.1) is 17.0 Å². The highest BCUT2D eigenvalue weighted by molar-refractivity contribution is 5.67. The first-order valence-corrected chi connectivity index (χ1v) is 3.92. The molecule has 0 bridgehead atoms. The summed E-state index contributed by atoms with van der Waals surface area (Å²) in [5.74, 6) is -0.188. The molecule has 0 aliphatic heterocycles. The van der Waals surface area contributed by atoms with E-state index in [0.717, 1.165) is 12.1 Å². The summed E-state index contributed by atoms with van der Waals surface area (Å²) in [6, 6.07) is 3.51. The topological polar surface area (TPSA) is 119 Å². The Morgan fingerprint density at radius 2 is 1.94 bits per heavy atom. The molecule has 0 aliphatic carbocycles. The van der Waals surface area contributed by atoms with Gasteiger partial charge in [0.2, 0.25) is 5.56 Å². The minimum absolute atomic E-state index is 0.188. The Balaban J connectivity index is 3.64. The van der Waals surface area contributed by atoms with Crippen LogP contribution in [0.1, 0.15) is 5.56 Å². The zero-order chi connectivity index (χ0) is 12.3. The maximum Gasteiger partial charge on any atom is 0.335 e. The summed E-state index contributed by atoms with van der Waals surface area (Å²) in [7, 11) is 1.18. The Morgan fingerprint density at radius 3 is 2.31 bits per heavy atom. The summed E-state index contributed by atoms with van der Waals surface area (Å²) in [4.78, 5) is 19.5. The molecule has 1 aromatic rings. The molecule has 1 aromatic carbocycles. The lowest BCUT2D eigenvalue weighted by Gasteiger charge is -2.02. The highest BCUT2D eigenvalue weighted by atomic mass is 16.6. The highest BCUT2D eigenvalue weighted by Crippen LogP contribution is 2.35. The second-order valence-corrected chi connectivity index (χ2v) is 2.64. The Hall–Kier alpha value is -2.69. The number of hydrogen-bond acceptors (Lipinski definition) is 6. The van der Waals surface area contributed by atoms with Gasteiger partial charge in [-0.3, -0.25) is 20.2 Å². The third-order valence-corrected chi connectivity index (χ3v) is 1.83. The van der Waals surface area contributed by atoms with E-state index in [4.69, 9.17) is 5.26 Å². The van der Waals surface area contributed by atoms with Crippen LogP contribution in [0.25, 0.3) is 0 Å². The lowest BCUT2D eigenvalue weighted by atomic mass is 10.1. The lowest BCUT2D eigenvalue weighted by molar-refractivity contribution is -0.395. The van der Waals surface area contributed by atoms with E-state index >= 15 is 0 Å². The smallest absolute Gasteiger partial charge is 0.335 e. The standard InChI is InChI=1S/C8H5N3O5/c1-16-7-3-2-6(10(12)13)5(4-9)8(7)11(14)15/h2-3H,1H3. The number of nitro groups is 2. The summed E-state index contributed by atoms with van der Waals surface area (Å²) >= 11 is 0. The van der Waals surface area contributed by atoms with Crippen molar-refractivity contribution < 1.29 is 14.6 Å². The van der Waals surface area contributed by atoms with Gasteiger partial charge in [-0.2, -0.15) is 5.26 Å². The fourth-order valence-electron chi connectivity index (χ4n) is 1.17. The summed E-state index contributed by atoms with van der Waals surface area (Å²) in [5, 5.41) is 29.9. The number of methoxy groups -OCH3 is 1. The van der Waals surface area contributed by atoms with Gasteiger partial charge in [-0.1, -0.05) is 0 Å². The van der Waals surface area contributed by atoms with Crippen molar-refractivity contribution in [2.24, 2.45) is 0 Å². The van der Waals surface area contributed by atoms with Gasteiger partial charge in [-0.05, 0) is 6.07 Å². The van der Waals surface area contributed by atoms with Crippen molar-refractivity contribution in [3.63, 3.8) is 0 Å². The number of nitro benzene ring substituents is 2. The van der Waals surface area contributed by atoms with Crippen LogP contribution in [-0.2, 0) is 0 Å². The normalized spacial score (nSPS) is 9.25. The van der Waals surface area contributed by atoms with Gasteiger partial charge >= 0.3 is 5.69 Å². The van der Waals surface area contributed by atoms with E-state index in [-0.39, 0.29) is 5.75 Å². The van der Waals surface area contributed by atoms with Gasteiger partial charge in [-0.15, -0.1) is 0 Å². The fourth-order valence-corrected chi connectivity index (χ4v) is 1.17. The van der Waals surface area contributed by atoms with E-state index in [0.29, 0.717) is 0 Å². The van der Waals surface area contributed by atoms with Gasteiger partial charge in [0, 0.05) is 6.07 Å². The van der Waals surface area contributed by atoms with Crippen molar-refractivity contribution in [2.45, 2.75) is 0 Å². The Kier molecular flexibility index (Phi) is 3.00. The number of benzene rings is 1. The van der Waals surface area contributed by atoms with Crippen LogP contribution in [0.2, 0.25) is 0 Å². The summed E-state index contributed by atoms with van der Waals surface area (Å²) < 4.78 is 4.67. The lowest BCUT2D eigenvalue weighted by Crippen LogP contribution is -2.00. The molecule has 0 amide bonds. The van der Waals surface area contributed by atoms with Gasteiger partial charge in [0.1, 0.15) is 6.07 Å². The average Bonchev–Trinajstić information content (AvgIpc) is 2.26. The molecule has 0 saturated carbocycles. The van der Waals surface area contributed by atoms with Crippen molar-refractivity contribution in [1.29, 1.82) is 5.26 Å². The van der Waals surface area contributed by atoms with Gasteiger partial charge in [0.25, 0.3) is 5.69 Å². The molecule has 0 N–H and O–H groups in total. The van der Waals surface area contributed by atoms with Crippen LogP contribution in [0, 0.1) is 31.6 Å². The van der Waals surface area contributed by atoms with E-state index in [9.17, 15) is 20.2 Å². The third kappa shape index (κ3) is 1.74. The summed E-state index contributed by atoms with van der Waals surface area (Å²) in [5.41, 5.74) is -1.93. The minimum Gasteiger partial charge on any atom is -0.490 e. The van der Waals surface area contributed by atoms with Crippen molar-refractivity contribution in [3.05, 3.63) is 37.9 Å². The SMILES string of the molecule is COc1ccc([N+](=O)[O-])c(C#N)c1[N+](=O)[O-]. The number of rotatable bonds is 3. The van der Waals surface area contributed by atoms with Crippen molar-refractivity contribution in [3.8, 4) is 11.8 Å². The molecule has 1 rings (SSSR count). The summed E-state index contributed by atoms with van der Waals surface area (Å²) in [6.07, 6.45) is 0. The molecule has 0 aromatic heterocycles. The zero-order valence-electron chi connectivity index (χ0n) is 8.04. The predicted molar refractivity (Wildman–Crippen MR) is 51.0 cm³/mol. The zero-order valence-corrected chi connectivity index (χ0v) is 8.04. The molecule has 16 heavy (non-hydrogen) atoms. The van der Waals surface area contributed by atoms with Crippen molar-refractivity contribution in [1.82, 2.24) is 0 Å². The molecule has 0 fully saturated rings. The molecule has 0 atom stereocenters. The number of nitrogens with zero attached hydrogens (tertiary/aromatic N) is 3. The third-order valence-electron chi connectivity index (χ3n) is 1.83. The molecule has 8 heteroatoms. The van der Waals surface area contributed by atoms with E-state index in [1.165, 1.54) is 13.2 Å². The van der Waals surface area contributed by atoms with E-state index in [1.54, 1.807) is 0 Å². The second-order valence-electron chi connectivity index (χ2n) is 2.64. The molecular weight excluding hydrogens is 218 g/mol. The minimum atomic E-state index is -0.885. The Bertz CT molecular complexity index is 505. The van der Waals surface area contributed by atoms with Crippen LogP contribution in [-0.4, -0.2) is 17.0 Å². The Labute approximate surface area is 89.0 Å². The first-order chi connectivity index (χ1) is 7.52. The van der Waals surface area contributed by atoms with Crippen LogP contribution in [0.3, 0.4) is 0 Å². The van der Waals surface area contributed by atoms with Gasteiger partial charge in [-0.25, -0.2) is 0 Å². The Morgan fingerprint density at radius 1 is 1.31 bits per heavy atom. The molecule has 0 radical (unpaired) electrons. The maximum absolute atomic E-state index is 10.7. The molecule has 82 valence electrons. The molecule has 0 spiro atoms. The molecule has 0 aliphatic rings. The molecule has 0 unspecified atom stereocenters. The van der Waals surface area contributed by atoms with Crippen LogP contribution < -0.4 is 4.74 Å². The van der Waals surface area contributed by atoms with Crippen LogP contribution in [0.5, 0.6) is 5.75 Å². The van der Waals surface area contributed by atoms with Gasteiger partial charge in [0.15, 0.2) is 5.75 Å². The van der Waals surface area contributed by atoms with E-state index in [2.05, 4.69) is 4.74 Å². The van der Waals surface area contributed by atoms with E-state index < -0.39 is 26.8 Å². The molecule has 8 nitrogen and oxygen atoms in total.